The van der Waals surface area contributed by atoms with E-state index < -0.39 is 11.9 Å². The first-order chi connectivity index (χ1) is 8.02. The van der Waals surface area contributed by atoms with Crippen molar-refractivity contribution in [2.24, 2.45) is 0 Å². The maximum Gasteiger partial charge on any atom is 0.338 e. The second-order valence-corrected chi connectivity index (χ2v) is 3.58. The molecule has 0 unspecified atom stereocenters. The van der Waals surface area contributed by atoms with Gasteiger partial charge in [0, 0.05) is 12.1 Å². The van der Waals surface area contributed by atoms with Gasteiger partial charge in [-0.3, -0.25) is 4.79 Å². The van der Waals surface area contributed by atoms with E-state index in [0.717, 1.165) is 5.56 Å². The fraction of sp³-hybridized carbons (Fsp3) is 0.333. The van der Waals surface area contributed by atoms with Crippen LogP contribution in [-0.4, -0.2) is 23.7 Å². The van der Waals surface area contributed by atoms with Crippen LogP contribution in [0.2, 0.25) is 0 Å². The van der Waals surface area contributed by atoms with Crippen molar-refractivity contribution in [3.8, 4) is 0 Å². The quantitative estimate of drug-likeness (QED) is 0.597. The van der Waals surface area contributed by atoms with Crippen LogP contribution >= 0.6 is 0 Å². The molecule has 1 aromatic carbocycles. The van der Waals surface area contributed by atoms with Crippen LogP contribution in [0, 0.1) is 0 Å². The molecule has 0 fully saturated rings. The number of rotatable bonds is 5. The fourth-order valence-corrected chi connectivity index (χ4v) is 1.45. The normalized spacial score (nSPS) is 9.94. The van der Waals surface area contributed by atoms with Gasteiger partial charge in [0.2, 0.25) is 0 Å². The third kappa shape index (κ3) is 4.14. The summed E-state index contributed by atoms with van der Waals surface area (Å²) in [6, 6.07) is 4.78. The van der Waals surface area contributed by atoms with Gasteiger partial charge in [-0.15, -0.1) is 0 Å². The second kappa shape index (κ2) is 5.89. The number of hydrogen-bond acceptors (Lipinski definition) is 4. The van der Waals surface area contributed by atoms with E-state index >= 15 is 0 Å². The highest BCUT2D eigenvalue weighted by Gasteiger charge is 2.09. The third-order valence-corrected chi connectivity index (χ3v) is 2.15. The van der Waals surface area contributed by atoms with Gasteiger partial charge in [0.15, 0.2) is 0 Å². The van der Waals surface area contributed by atoms with Crippen LogP contribution in [0.3, 0.4) is 0 Å². The van der Waals surface area contributed by atoms with Gasteiger partial charge in [-0.25, -0.2) is 4.79 Å². The highest BCUT2D eigenvalue weighted by Crippen LogP contribution is 2.14. The SMILES string of the molecule is CCOC(=O)c1cc(N)cc(CCC(=O)O)c1. The second-order valence-electron chi connectivity index (χ2n) is 3.58. The third-order valence-electron chi connectivity index (χ3n) is 2.15. The maximum atomic E-state index is 11.5. The van der Waals surface area contributed by atoms with E-state index in [4.69, 9.17) is 15.6 Å². The van der Waals surface area contributed by atoms with Crippen LogP contribution in [0.1, 0.15) is 29.3 Å². The van der Waals surface area contributed by atoms with E-state index in [2.05, 4.69) is 0 Å². The number of aryl methyl sites for hydroxylation is 1. The summed E-state index contributed by atoms with van der Waals surface area (Å²) in [5, 5.41) is 8.58. The van der Waals surface area contributed by atoms with Crippen molar-refractivity contribution in [1.29, 1.82) is 0 Å². The van der Waals surface area contributed by atoms with Gasteiger partial charge in [0.1, 0.15) is 0 Å². The van der Waals surface area contributed by atoms with Crippen LogP contribution in [0.5, 0.6) is 0 Å². The summed E-state index contributed by atoms with van der Waals surface area (Å²) in [4.78, 5) is 21.9. The van der Waals surface area contributed by atoms with Crippen LogP contribution in [0.25, 0.3) is 0 Å². The smallest absolute Gasteiger partial charge is 0.338 e. The lowest BCUT2D eigenvalue weighted by atomic mass is 10.1. The minimum atomic E-state index is -0.884. The summed E-state index contributed by atoms with van der Waals surface area (Å²) in [5.74, 6) is -1.33. The minimum Gasteiger partial charge on any atom is -0.481 e. The number of anilines is 1. The molecule has 5 nitrogen and oxygen atoms in total. The van der Waals surface area contributed by atoms with Gasteiger partial charge in [-0.1, -0.05) is 0 Å². The molecule has 1 aromatic rings. The Balaban J connectivity index is 2.86. The van der Waals surface area contributed by atoms with Crippen LogP contribution in [0.4, 0.5) is 5.69 Å². The molecule has 17 heavy (non-hydrogen) atoms. The molecule has 0 aromatic heterocycles. The Kier molecular flexibility index (Phi) is 4.51. The first-order valence-corrected chi connectivity index (χ1v) is 5.31. The summed E-state index contributed by atoms with van der Waals surface area (Å²) in [6.07, 6.45) is 0.346. The molecule has 0 saturated heterocycles. The zero-order valence-electron chi connectivity index (χ0n) is 9.60. The molecule has 0 saturated carbocycles. The Hall–Kier alpha value is -2.04. The summed E-state index contributed by atoms with van der Waals surface area (Å²) >= 11 is 0. The Morgan fingerprint density at radius 2 is 2.06 bits per heavy atom. The van der Waals surface area contributed by atoms with Gasteiger partial charge < -0.3 is 15.6 Å². The number of nitrogens with two attached hydrogens (primary N) is 1. The fourth-order valence-electron chi connectivity index (χ4n) is 1.45. The molecule has 92 valence electrons. The molecule has 0 bridgehead atoms. The molecular weight excluding hydrogens is 222 g/mol. The monoisotopic (exact) mass is 237 g/mol. The Morgan fingerprint density at radius 3 is 2.65 bits per heavy atom. The zero-order valence-corrected chi connectivity index (χ0v) is 9.60. The van der Waals surface area contributed by atoms with Gasteiger partial charge in [-0.2, -0.15) is 0 Å². The predicted octanol–water partition coefficient (Wildman–Crippen LogP) is 1.46. The van der Waals surface area contributed by atoms with Gasteiger partial charge in [-0.05, 0) is 37.1 Å². The molecule has 0 radical (unpaired) electrons. The van der Waals surface area contributed by atoms with Gasteiger partial charge >= 0.3 is 11.9 Å². The predicted molar refractivity (Wildman–Crippen MR) is 62.8 cm³/mol. The van der Waals surface area contributed by atoms with Crippen molar-refractivity contribution in [3.63, 3.8) is 0 Å². The molecule has 0 aliphatic heterocycles. The molecule has 0 heterocycles. The number of carboxylic acid groups (broad SMARTS) is 1. The van der Waals surface area contributed by atoms with Crippen molar-refractivity contribution in [3.05, 3.63) is 29.3 Å². The molecule has 0 aliphatic carbocycles. The first-order valence-electron chi connectivity index (χ1n) is 5.31. The Labute approximate surface area is 99.2 Å². The van der Waals surface area contributed by atoms with Crippen molar-refractivity contribution >= 4 is 17.6 Å². The number of aliphatic carboxylic acids is 1. The number of carbonyl (C=O) groups excluding carboxylic acids is 1. The molecule has 0 amide bonds. The van der Waals surface area contributed by atoms with Crippen LogP contribution < -0.4 is 5.73 Å². The molecule has 1 rings (SSSR count). The summed E-state index contributed by atoms with van der Waals surface area (Å²) in [6.45, 7) is 2.01. The zero-order chi connectivity index (χ0) is 12.8. The summed E-state index contributed by atoms with van der Waals surface area (Å²) in [5.41, 5.74) is 7.14. The average molecular weight is 237 g/mol. The molecule has 0 atom stereocenters. The van der Waals surface area contributed by atoms with E-state index in [1.165, 1.54) is 6.07 Å². The Bertz CT molecular complexity index is 429. The number of benzene rings is 1. The molecular formula is C12H15NO4. The molecule has 5 heteroatoms. The highest BCUT2D eigenvalue weighted by molar-refractivity contribution is 5.90. The van der Waals surface area contributed by atoms with E-state index in [-0.39, 0.29) is 13.0 Å². The standard InChI is InChI=1S/C12H15NO4/c1-2-17-12(16)9-5-8(3-4-11(14)15)6-10(13)7-9/h5-7H,2-4,13H2,1H3,(H,14,15). The van der Waals surface area contributed by atoms with Crippen molar-refractivity contribution < 1.29 is 19.4 Å². The van der Waals surface area contributed by atoms with Crippen molar-refractivity contribution in [1.82, 2.24) is 0 Å². The lowest BCUT2D eigenvalue weighted by molar-refractivity contribution is -0.136. The number of esters is 1. The van der Waals surface area contributed by atoms with E-state index in [0.29, 0.717) is 17.7 Å². The van der Waals surface area contributed by atoms with Crippen molar-refractivity contribution in [2.75, 3.05) is 12.3 Å². The summed E-state index contributed by atoms with van der Waals surface area (Å²) in [7, 11) is 0. The van der Waals surface area contributed by atoms with E-state index in [1.54, 1.807) is 19.1 Å². The van der Waals surface area contributed by atoms with Crippen molar-refractivity contribution in [2.45, 2.75) is 19.8 Å². The summed E-state index contributed by atoms with van der Waals surface area (Å²) < 4.78 is 4.85. The highest BCUT2D eigenvalue weighted by atomic mass is 16.5. The lowest BCUT2D eigenvalue weighted by Crippen LogP contribution is -2.07. The molecule has 0 aliphatic rings. The minimum absolute atomic E-state index is 0.00567. The van der Waals surface area contributed by atoms with Crippen LogP contribution in [0.15, 0.2) is 18.2 Å². The number of carbonyl (C=O) groups is 2. The van der Waals surface area contributed by atoms with Gasteiger partial charge in [0.05, 0.1) is 12.2 Å². The largest absolute Gasteiger partial charge is 0.481 e. The van der Waals surface area contributed by atoms with E-state index in [1.807, 2.05) is 0 Å². The topological polar surface area (TPSA) is 89.6 Å². The van der Waals surface area contributed by atoms with Crippen LogP contribution in [-0.2, 0) is 16.0 Å². The Morgan fingerprint density at radius 1 is 1.35 bits per heavy atom. The van der Waals surface area contributed by atoms with E-state index in [9.17, 15) is 9.59 Å². The van der Waals surface area contributed by atoms with Gasteiger partial charge in [0.25, 0.3) is 0 Å². The molecule has 0 spiro atoms. The average Bonchev–Trinajstić information content (AvgIpc) is 2.26. The number of carboxylic acids is 1. The molecule has 3 N–H and O–H groups in total. The number of hydrogen-bond donors (Lipinski definition) is 2. The maximum absolute atomic E-state index is 11.5. The number of nitrogen functional groups attached to an aromatic ring is 1. The first kappa shape index (κ1) is 13.0. The lowest BCUT2D eigenvalue weighted by Gasteiger charge is -2.06. The number of ether oxygens (including phenoxy) is 1.